The number of aliphatic hydroxyl groups excluding tert-OH is 4. The maximum Gasteiger partial charge on any atom is 0.369 e. The molecule has 0 saturated carbocycles. The number of rotatable bonds is 13. The van der Waals surface area contributed by atoms with Crippen LogP contribution in [-0.2, 0) is 14.3 Å². The molecule has 0 amide bonds. The Hall–Kier alpha value is -0.770. The molecule has 0 aromatic rings. The van der Waals surface area contributed by atoms with Crippen molar-refractivity contribution in [2.45, 2.75) is 101 Å². The topological polar surface area (TPSA) is 137 Å². The van der Waals surface area contributed by atoms with Gasteiger partial charge in [-0.15, -0.1) is 0 Å². The summed E-state index contributed by atoms with van der Waals surface area (Å²) in [6.07, 6.45) is 4.28. The Morgan fingerprint density at radius 1 is 0.926 bits per heavy atom. The molecule has 0 spiro atoms. The van der Waals surface area contributed by atoms with Crippen molar-refractivity contribution in [2.24, 2.45) is 0 Å². The van der Waals surface area contributed by atoms with Crippen LogP contribution in [0.25, 0.3) is 0 Å². The first-order chi connectivity index (χ1) is 12.9. The van der Waals surface area contributed by atoms with Crippen LogP contribution < -0.4 is 0 Å². The lowest BCUT2D eigenvalue weighted by atomic mass is 9.92. The van der Waals surface area contributed by atoms with Gasteiger partial charge in [-0.1, -0.05) is 64.7 Å². The Morgan fingerprint density at radius 2 is 1.44 bits per heavy atom. The van der Waals surface area contributed by atoms with Crippen LogP contribution in [0.3, 0.4) is 0 Å². The largest absolute Gasteiger partial charge is 0.462 e. The quantitative estimate of drug-likeness (QED) is 0.227. The van der Waals surface area contributed by atoms with Crippen molar-refractivity contribution in [3.8, 4) is 0 Å². The van der Waals surface area contributed by atoms with Crippen LogP contribution in [0, 0.1) is 0 Å². The molecule has 1 saturated heterocycles. The second kappa shape index (κ2) is 12.6. The van der Waals surface area contributed by atoms with E-state index in [-0.39, 0.29) is 6.61 Å². The maximum atomic E-state index is 12.1. The molecule has 1 rings (SSSR count). The van der Waals surface area contributed by atoms with Crippen LogP contribution >= 0.6 is 0 Å². The zero-order valence-electron chi connectivity index (χ0n) is 16.3. The van der Waals surface area contributed by atoms with E-state index in [1.54, 1.807) is 0 Å². The first-order valence-corrected chi connectivity index (χ1v) is 10.1. The van der Waals surface area contributed by atoms with Crippen molar-refractivity contribution < 1.29 is 39.8 Å². The lowest BCUT2D eigenvalue weighted by molar-refractivity contribution is -0.339. The van der Waals surface area contributed by atoms with Crippen molar-refractivity contribution in [3.05, 3.63) is 0 Å². The van der Waals surface area contributed by atoms with E-state index in [9.17, 15) is 25.2 Å². The van der Waals surface area contributed by atoms with Crippen molar-refractivity contribution in [1.82, 2.24) is 0 Å². The summed E-state index contributed by atoms with van der Waals surface area (Å²) in [6.45, 7) is 1.51. The lowest BCUT2D eigenvalue weighted by Gasteiger charge is -2.43. The first-order valence-electron chi connectivity index (χ1n) is 10.1. The van der Waals surface area contributed by atoms with Gasteiger partial charge in [-0.25, -0.2) is 4.79 Å². The average molecular weight is 392 g/mol. The Morgan fingerprint density at radius 3 is 1.96 bits per heavy atom. The molecule has 1 unspecified atom stereocenters. The number of aliphatic hydroxyl groups is 5. The van der Waals surface area contributed by atoms with E-state index < -0.39 is 42.8 Å². The maximum absolute atomic E-state index is 12.1. The molecular weight excluding hydrogens is 356 g/mol. The highest BCUT2D eigenvalue weighted by Crippen LogP contribution is 2.29. The van der Waals surface area contributed by atoms with Gasteiger partial charge in [-0.05, 0) is 6.42 Å². The summed E-state index contributed by atoms with van der Waals surface area (Å²) >= 11 is 0. The molecule has 5 atom stereocenters. The average Bonchev–Trinajstić information content (AvgIpc) is 2.67. The van der Waals surface area contributed by atoms with E-state index in [2.05, 4.69) is 6.92 Å². The normalized spacial score (nSPS) is 31.0. The predicted molar refractivity (Wildman–Crippen MR) is 97.7 cm³/mol. The Balaban J connectivity index is 2.22. The molecule has 8 nitrogen and oxygen atoms in total. The van der Waals surface area contributed by atoms with Crippen LogP contribution in [0.15, 0.2) is 0 Å². The first kappa shape index (κ1) is 24.3. The fourth-order valence-corrected chi connectivity index (χ4v) is 3.18. The van der Waals surface area contributed by atoms with Gasteiger partial charge < -0.3 is 35.0 Å². The van der Waals surface area contributed by atoms with E-state index in [1.165, 1.54) is 38.5 Å². The molecule has 0 aromatic carbocycles. The van der Waals surface area contributed by atoms with Gasteiger partial charge in [-0.3, -0.25) is 0 Å². The van der Waals surface area contributed by atoms with E-state index in [0.29, 0.717) is 6.42 Å². The number of hydrogen-bond acceptors (Lipinski definition) is 8. The number of carbonyl (C=O) groups is 1. The highest BCUT2D eigenvalue weighted by Gasteiger charge is 2.58. The standard InChI is InChI=1S/C19H36O8/c1-2-3-4-5-6-7-8-9-10-11-12-26-18(24)19(25)17(23)16(22)15(21)14(13-20)27-19/h14-17,20-23,25H,2-13H2,1H3/t14-,15-,16+,17-,19?/m1/s1. The lowest BCUT2D eigenvalue weighted by Crippen LogP contribution is -2.68. The van der Waals surface area contributed by atoms with Crippen molar-refractivity contribution in [3.63, 3.8) is 0 Å². The molecule has 0 aromatic heterocycles. The Kier molecular flexibility index (Phi) is 11.4. The predicted octanol–water partition coefficient (Wildman–Crippen LogP) is 0.613. The van der Waals surface area contributed by atoms with Crippen LogP contribution in [0.1, 0.15) is 71.1 Å². The van der Waals surface area contributed by atoms with Crippen molar-refractivity contribution >= 4 is 5.97 Å². The van der Waals surface area contributed by atoms with Crippen LogP contribution in [-0.4, -0.2) is 74.9 Å². The number of esters is 1. The molecule has 0 bridgehead atoms. The van der Waals surface area contributed by atoms with Gasteiger partial charge in [0.1, 0.15) is 24.4 Å². The third-order valence-electron chi connectivity index (χ3n) is 4.99. The van der Waals surface area contributed by atoms with Crippen LogP contribution in [0.2, 0.25) is 0 Å². The summed E-state index contributed by atoms with van der Waals surface area (Å²) in [5, 5.41) is 48.6. The number of unbranched alkanes of at least 4 members (excludes halogenated alkanes) is 9. The fraction of sp³-hybridized carbons (Fsp3) is 0.947. The van der Waals surface area contributed by atoms with E-state index in [1.807, 2.05) is 0 Å². The summed E-state index contributed by atoms with van der Waals surface area (Å²) in [6, 6.07) is 0. The SMILES string of the molecule is CCCCCCCCCCCCOC(=O)C1(O)O[C@H](CO)[C@@H](O)[C@H](O)[C@H]1O. The van der Waals surface area contributed by atoms with Crippen LogP contribution in [0.5, 0.6) is 0 Å². The van der Waals surface area contributed by atoms with Gasteiger partial charge in [0, 0.05) is 0 Å². The molecule has 0 radical (unpaired) electrons. The van der Waals surface area contributed by atoms with Crippen molar-refractivity contribution in [1.29, 1.82) is 0 Å². The van der Waals surface area contributed by atoms with E-state index in [0.717, 1.165) is 19.3 Å². The number of carbonyl (C=O) groups excluding carboxylic acids is 1. The molecule has 1 fully saturated rings. The molecule has 1 aliphatic heterocycles. The third-order valence-corrected chi connectivity index (χ3v) is 4.99. The van der Waals surface area contributed by atoms with Gasteiger partial charge in [0.25, 0.3) is 5.79 Å². The molecule has 160 valence electrons. The Bertz CT molecular complexity index is 417. The smallest absolute Gasteiger partial charge is 0.369 e. The summed E-state index contributed by atoms with van der Waals surface area (Å²) in [5.74, 6) is -4.06. The van der Waals surface area contributed by atoms with Gasteiger partial charge in [0.2, 0.25) is 0 Å². The second-order valence-corrected chi connectivity index (χ2v) is 7.28. The van der Waals surface area contributed by atoms with Gasteiger partial charge >= 0.3 is 5.97 Å². The molecular formula is C19H36O8. The third kappa shape index (κ3) is 7.29. The number of ether oxygens (including phenoxy) is 2. The molecule has 1 aliphatic rings. The highest BCUT2D eigenvalue weighted by molar-refractivity contribution is 5.78. The molecule has 5 N–H and O–H groups in total. The highest BCUT2D eigenvalue weighted by atomic mass is 16.7. The van der Waals surface area contributed by atoms with Gasteiger partial charge in [-0.2, -0.15) is 0 Å². The monoisotopic (exact) mass is 392 g/mol. The summed E-state index contributed by atoms with van der Waals surface area (Å²) in [5.41, 5.74) is 0. The minimum atomic E-state index is -2.81. The Labute approximate surface area is 161 Å². The van der Waals surface area contributed by atoms with Gasteiger partial charge in [0.15, 0.2) is 0 Å². The van der Waals surface area contributed by atoms with Crippen LogP contribution in [0.4, 0.5) is 0 Å². The minimum absolute atomic E-state index is 0.0517. The minimum Gasteiger partial charge on any atom is -0.462 e. The second-order valence-electron chi connectivity index (χ2n) is 7.28. The van der Waals surface area contributed by atoms with E-state index >= 15 is 0 Å². The summed E-state index contributed by atoms with van der Waals surface area (Å²) in [7, 11) is 0. The number of hydrogen-bond donors (Lipinski definition) is 5. The summed E-state index contributed by atoms with van der Waals surface area (Å²) < 4.78 is 9.86. The molecule has 0 aliphatic carbocycles. The van der Waals surface area contributed by atoms with Crippen molar-refractivity contribution in [2.75, 3.05) is 13.2 Å². The molecule has 27 heavy (non-hydrogen) atoms. The summed E-state index contributed by atoms with van der Waals surface area (Å²) in [4.78, 5) is 12.1. The molecule has 1 heterocycles. The van der Waals surface area contributed by atoms with Gasteiger partial charge in [0.05, 0.1) is 13.2 Å². The zero-order valence-corrected chi connectivity index (χ0v) is 16.3. The van der Waals surface area contributed by atoms with E-state index in [4.69, 9.17) is 14.6 Å². The fourth-order valence-electron chi connectivity index (χ4n) is 3.18. The zero-order chi connectivity index (χ0) is 20.3. The molecule has 8 heteroatoms.